The first-order chi connectivity index (χ1) is 15.0. The van der Waals surface area contributed by atoms with Gasteiger partial charge in [0.15, 0.2) is 0 Å². The van der Waals surface area contributed by atoms with Crippen LogP contribution >= 0.6 is 0 Å². The second-order valence-electron chi connectivity index (χ2n) is 7.10. The van der Waals surface area contributed by atoms with Gasteiger partial charge in [-0.05, 0) is 42.8 Å². The quantitative estimate of drug-likeness (QED) is 0.356. The summed E-state index contributed by atoms with van der Waals surface area (Å²) in [4.78, 5) is 21.3. The minimum Gasteiger partial charge on any atom is -0.398 e. The molecule has 1 amide bonds. The monoisotopic (exact) mass is 414 g/mol. The highest BCUT2D eigenvalue weighted by Crippen LogP contribution is 2.29. The first-order valence-corrected chi connectivity index (χ1v) is 9.70. The average Bonchev–Trinajstić information content (AvgIpc) is 3.24. The predicted octanol–water partition coefficient (Wildman–Crippen LogP) is 2.39. The van der Waals surface area contributed by atoms with E-state index in [1.165, 1.54) is 6.08 Å². The van der Waals surface area contributed by atoms with E-state index in [9.17, 15) is 4.79 Å². The van der Waals surface area contributed by atoms with E-state index in [-0.39, 0.29) is 5.91 Å². The van der Waals surface area contributed by atoms with Crippen molar-refractivity contribution in [1.29, 1.82) is 5.41 Å². The number of hydrogen-bond acceptors (Lipinski definition) is 7. The van der Waals surface area contributed by atoms with E-state index in [0.717, 1.165) is 22.9 Å². The number of amides is 1. The lowest BCUT2D eigenvalue weighted by Gasteiger charge is -2.12. The Morgan fingerprint density at radius 3 is 2.87 bits per heavy atom. The van der Waals surface area contributed by atoms with Crippen LogP contribution in [0, 0.1) is 5.41 Å². The Morgan fingerprint density at radius 2 is 2.13 bits per heavy atom. The van der Waals surface area contributed by atoms with Crippen molar-refractivity contribution in [2.24, 2.45) is 5.73 Å². The van der Waals surface area contributed by atoms with E-state index in [1.54, 1.807) is 24.0 Å². The number of aromatic nitrogens is 4. The summed E-state index contributed by atoms with van der Waals surface area (Å²) in [6.45, 7) is 2.11. The number of nitrogens with one attached hydrogen (secondary N) is 2. The lowest BCUT2D eigenvalue weighted by molar-refractivity contribution is -0.124. The molecule has 156 valence electrons. The van der Waals surface area contributed by atoms with Crippen molar-refractivity contribution in [3.63, 3.8) is 0 Å². The first-order valence-electron chi connectivity index (χ1n) is 9.70. The highest BCUT2D eigenvalue weighted by molar-refractivity contribution is 6.08. The van der Waals surface area contributed by atoms with Gasteiger partial charge in [0.1, 0.15) is 17.4 Å². The molecule has 1 unspecified atom stereocenters. The number of pyridine rings is 2. The Bertz CT molecular complexity index is 1310. The number of nitrogens with zero attached hydrogens (tertiary/aromatic N) is 4. The molecule has 0 radical (unpaired) electrons. The Balaban J connectivity index is 1.65. The molecule has 3 heterocycles. The van der Waals surface area contributed by atoms with E-state index >= 15 is 0 Å². The van der Waals surface area contributed by atoms with Crippen molar-refractivity contribution in [2.75, 3.05) is 5.73 Å². The van der Waals surface area contributed by atoms with Gasteiger partial charge in [0.2, 0.25) is 5.91 Å². The summed E-state index contributed by atoms with van der Waals surface area (Å²) in [5, 5.41) is 16.2. The van der Waals surface area contributed by atoms with Crippen molar-refractivity contribution in [3.05, 3.63) is 66.1 Å². The summed E-state index contributed by atoms with van der Waals surface area (Å²) in [5.74, 6) is 0.141. The Morgan fingerprint density at radius 1 is 1.29 bits per heavy atom. The number of carbonyl (C=O) groups is 1. The van der Waals surface area contributed by atoms with Crippen molar-refractivity contribution < 1.29 is 4.79 Å². The molecular formula is C22H22N8O. The van der Waals surface area contributed by atoms with Crippen LogP contribution < -0.4 is 16.8 Å². The van der Waals surface area contributed by atoms with Gasteiger partial charge in [-0.1, -0.05) is 12.1 Å². The van der Waals surface area contributed by atoms with E-state index in [2.05, 4.69) is 20.4 Å². The number of allylic oxidation sites excluding steroid dienone is 1. The minimum absolute atomic E-state index is 0.180. The molecule has 4 aromatic rings. The van der Waals surface area contributed by atoms with E-state index in [1.807, 2.05) is 36.4 Å². The fraction of sp³-hybridized carbons (Fsp3) is 0.136. The molecule has 1 atom stereocenters. The molecule has 9 nitrogen and oxygen atoms in total. The van der Waals surface area contributed by atoms with Gasteiger partial charge in [0.05, 0.1) is 23.1 Å². The van der Waals surface area contributed by atoms with Crippen LogP contribution in [0.4, 0.5) is 5.82 Å². The zero-order valence-corrected chi connectivity index (χ0v) is 16.9. The largest absolute Gasteiger partial charge is 0.398 e. The molecule has 0 fully saturated rings. The summed E-state index contributed by atoms with van der Waals surface area (Å²) in [5.41, 5.74) is 15.4. The third kappa shape index (κ3) is 3.93. The van der Waals surface area contributed by atoms with E-state index in [0.29, 0.717) is 34.5 Å². The average molecular weight is 414 g/mol. The van der Waals surface area contributed by atoms with Gasteiger partial charge < -0.3 is 22.2 Å². The number of fused-ring (bicyclic) bond motifs is 3. The molecule has 6 N–H and O–H groups in total. The molecular weight excluding hydrogens is 392 g/mol. The van der Waals surface area contributed by atoms with Gasteiger partial charge in [-0.3, -0.25) is 14.5 Å². The Kier molecular flexibility index (Phi) is 5.31. The minimum atomic E-state index is -0.545. The van der Waals surface area contributed by atoms with E-state index in [4.69, 9.17) is 16.9 Å². The molecule has 4 rings (SSSR count). The van der Waals surface area contributed by atoms with Crippen LogP contribution in [0.2, 0.25) is 0 Å². The first kappa shape index (κ1) is 20.0. The van der Waals surface area contributed by atoms with Crippen LogP contribution in [0.1, 0.15) is 24.2 Å². The third-order valence-electron chi connectivity index (χ3n) is 5.04. The summed E-state index contributed by atoms with van der Waals surface area (Å²) in [7, 11) is 0. The zero-order chi connectivity index (χ0) is 22.0. The molecule has 0 aliphatic rings. The fourth-order valence-electron chi connectivity index (χ4n) is 3.30. The molecule has 0 bridgehead atoms. The lowest BCUT2D eigenvalue weighted by Crippen LogP contribution is -2.31. The number of anilines is 1. The molecule has 9 heteroatoms. The highest BCUT2D eigenvalue weighted by atomic mass is 16.2. The van der Waals surface area contributed by atoms with Gasteiger partial charge in [-0.15, -0.1) is 0 Å². The summed E-state index contributed by atoms with van der Waals surface area (Å²) < 4.78 is 1.59. The fourth-order valence-corrected chi connectivity index (χ4v) is 3.30. The molecule has 1 aromatic carbocycles. The molecule has 31 heavy (non-hydrogen) atoms. The highest BCUT2D eigenvalue weighted by Gasteiger charge is 2.19. The SMILES string of the molecule is CC(C(=O)NCc1ccccn1)n1cc2c(N)nc3cc(/C(N)=C/C=N)ccc3c2n1. The zero-order valence-electron chi connectivity index (χ0n) is 16.9. The maximum absolute atomic E-state index is 12.6. The van der Waals surface area contributed by atoms with Gasteiger partial charge >= 0.3 is 0 Å². The van der Waals surface area contributed by atoms with Gasteiger partial charge in [-0.25, -0.2) is 4.98 Å². The molecule has 0 spiro atoms. The van der Waals surface area contributed by atoms with Crippen molar-refractivity contribution in [2.45, 2.75) is 19.5 Å². The smallest absolute Gasteiger partial charge is 0.244 e. The second kappa shape index (κ2) is 8.23. The third-order valence-corrected chi connectivity index (χ3v) is 5.04. The lowest BCUT2D eigenvalue weighted by atomic mass is 10.1. The van der Waals surface area contributed by atoms with Gasteiger partial charge in [-0.2, -0.15) is 5.10 Å². The molecule has 0 aliphatic heterocycles. The molecule has 0 saturated carbocycles. The molecule has 0 saturated heterocycles. The van der Waals surface area contributed by atoms with Crippen LogP contribution in [0.25, 0.3) is 27.5 Å². The summed E-state index contributed by atoms with van der Waals surface area (Å²) in [6.07, 6.45) is 6.06. The maximum atomic E-state index is 12.6. The summed E-state index contributed by atoms with van der Waals surface area (Å²) >= 11 is 0. The predicted molar refractivity (Wildman–Crippen MR) is 121 cm³/mol. The maximum Gasteiger partial charge on any atom is 0.244 e. The number of rotatable bonds is 6. The van der Waals surface area contributed by atoms with Crippen LogP contribution in [-0.2, 0) is 11.3 Å². The molecule has 3 aromatic heterocycles. The topological polar surface area (TPSA) is 149 Å². The molecule has 0 aliphatic carbocycles. The Labute approximate surface area is 178 Å². The van der Waals surface area contributed by atoms with Crippen LogP contribution in [0.5, 0.6) is 0 Å². The van der Waals surface area contributed by atoms with Gasteiger partial charge in [0, 0.05) is 29.7 Å². The van der Waals surface area contributed by atoms with Crippen molar-refractivity contribution in [3.8, 4) is 0 Å². The van der Waals surface area contributed by atoms with Gasteiger partial charge in [0.25, 0.3) is 0 Å². The number of hydrogen-bond donors (Lipinski definition) is 4. The number of carbonyl (C=O) groups excluding carboxylic acids is 1. The van der Waals surface area contributed by atoms with Crippen molar-refractivity contribution >= 4 is 45.4 Å². The van der Waals surface area contributed by atoms with E-state index < -0.39 is 6.04 Å². The summed E-state index contributed by atoms with van der Waals surface area (Å²) in [6, 6.07) is 10.5. The standard InChI is InChI=1S/C22H22N8O/c1-13(22(31)27-11-15-4-2-3-9-26-15)30-12-17-20(29-30)16-6-5-14(18(24)7-8-23)10-19(16)28-21(17)25/h2-10,12-13,23H,11,24H2,1H3,(H2,25,28)(H,27,31)/b18-7-,23-8?. The van der Waals surface area contributed by atoms with Crippen LogP contribution in [-0.4, -0.2) is 31.9 Å². The Hall–Kier alpha value is -4.27. The van der Waals surface area contributed by atoms with Crippen LogP contribution in [0.3, 0.4) is 0 Å². The number of nitrogen functional groups attached to an aromatic ring is 1. The van der Waals surface area contributed by atoms with Crippen molar-refractivity contribution in [1.82, 2.24) is 25.1 Å². The second-order valence-corrected chi connectivity index (χ2v) is 7.10. The number of nitrogens with two attached hydrogens (primary N) is 2. The normalized spacial score (nSPS) is 12.7. The van der Waals surface area contributed by atoms with Crippen LogP contribution in [0.15, 0.2) is 54.9 Å². The number of benzene rings is 1.